The number of β-lactam (4-membered cyclic amide) rings is 1. The molecule has 0 spiro atoms. The van der Waals surface area contributed by atoms with Crippen molar-refractivity contribution in [3.05, 3.63) is 81.1 Å². The SMILES string of the molecule is O=C(Cc1ccccc1)NC1C(=O)N2C(C(=O)S)=C(c3cc(=O)c4ncccc4s3)CS[C@H]12. The smallest absolute Gasteiger partial charge is 0.253 e. The first-order valence-electron chi connectivity index (χ1n) is 10.1. The van der Waals surface area contributed by atoms with Crippen LogP contribution in [-0.2, 0) is 20.8 Å². The molecule has 2 atom stereocenters. The second-order valence-electron chi connectivity index (χ2n) is 7.57. The molecule has 0 bridgehead atoms. The van der Waals surface area contributed by atoms with Gasteiger partial charge in [-0.15, -0.1) is 23.1 Å². The van der Waals surface area contributed by atoms with E-state index in [0.717, 1.165) is 5.56 Å². The molecule has 2 aliphatic rings. The van der Waals surface area contributed by atoms with E-state index in [-0.39, 0.29) is 29.4 Å². The summed E-state index contributed by atoms with van der Waals surface area (Å²) in [5.41, 5.74) is 1.73. The summed E-state index contributed by atoms with van der Waals surface area (Å²) in [6.07, 6.45) is 1.73. The molecule has 0 saturated carbocycles. The number of hydrogen-bond donors (Lipinski definition) is 2. The summed E-state index contributed by atoms with van der Waals surface area (Å²) < 4.78 is 0.701. The average Bonchev–Trinajstić information content (AvgIpc) is 2.82. The van der Waals surface area contributed by atoms with E-state index >= 15 is 0 Å². The molecule has 1 unspecified atom stereocenters. The molecule has 7 nitrogen and oxygen atoms in total. The zero-order chi connectivity index (χ0) is 23.1. The average molecular weight is 496 g/mol. The predicted molar refractivity (Wildman–Crippen MR) is 132 cm³/mol. The summed E-state index contributed by atoms with van der Waals surface area (Å²) in [5.74, 6) is -0.213. The quantitative estimate of drug-likeness (QED) is 0.417. The molecule has 10 heteroatoms. The van der Waals surface area contributed by atoms with Crippen LogP contribution in [0.2, 0.25) is 0 Å². The standard InChI is InChI=1S/C23H17N3O4S3/c27-14-10-16(33-15-7-4-8-24-18(14)15)13-11-32-22-19(21(29)26(22)20(13)23(30)31)25-17(28)9-12-5-2-1-3-6-12/h1-8,10,19,22H,9,11H2,(H,25,28)(H,30,31)/t19?,22-/m1/s1. The van der Waals surface area contributed by atoms with Crippen molar-refractivity contribution in [2.24, 2.45) is 0 Å². The Kier molecular flexibility index (Phi) is 5.81. The van der Waals surface area contributed by atoms with E-state index < -0.39 is 16.5 Å². The number of rotatable bonds is 5. The molecule has 1 fully saturated rings. The Hall–Kier alpha value is -2.95. The lowest BCUT2D eigenvalue weighted by atomic mass is 10.0. The number of thioether (sulfide) groups is 1. The minimum Gasteiger partial charge on any atom is -0.341 e. The molecule has 1 N–H and O–H groups in total. The number of pyridine rings is 1. The van der Waals surface area contributed by atoms with E-state index in [0.29, 0.717) is 26.4 Å². The number of nitrogens with zero attached hydrogens (tertiary/aromatic N) is 2. The molecule has 166 valence electrons. The highest BCUT2D eigenvalue weighted by Crippen LogP contribution is 2.44. The number of carbonyl (C=O) groups is 3. The largest absolute Gasteiger partial charge is 0.341 e. The van der Waals surface area contributed by atoms with Crippen LogP contribution in [0.3, 0.4) is 0 Å². The molecule has 1 saturated heterocycles. The van der Waals surface area contributed by atoms with Crippen molar-refractivity contribution in [3.63, 3.8) is 0 Å². The number of aromatic nitrogens is 1. The molecule has 4 heterocycles. The summed E-state index contributed by atoms with van der Waals surface area (Å²) in [7, 11) is 0. The van der Waals surface area contributed by atoms with E-state index in [2.05, 4.69) is 22.9 Å². The number of amides is 2. The van der Waals surface area contributed by atoms with Gasteiger partial charge in [0.15, 0.2) is 0 Å². The van der Waals surface area contributed by atoms with Gasteiger partial charge in [-0.05, 0) is 17.7 Å². The Balaban J connectivity index is 1.42. The number of benzene rings is 1. The molecule has 0 radical (unpaired) electrons. The highest BCUT2D eigenvalue weighted by atomic mass is 32.2. The van der Waals surface area contributed by atoms with Gasteiger partial charge in [0, 0.05) is 28.5 Å². The van der Waals surface area contributed by atoms with Gasteiger partial charge in [-0.3, -0.25) is 29.1 Å². The zero-order valence-corrected chi connectivity index (χ0v) is 19.6. The lowest BCUT2D eigenvalue weighted by Gasteiger charge is -2.49. The first-order valence-corrected chi connectivity index (χ1v) is 12.4. The molecule has 5 rings (SSSR count). The van der Waals surface area contributed by atoms with Gasteiger partial charge in [-0.25, -0.2) is 0 Å². The topological polar surface area (TPSA) is 96.4 Å². The van der Waals surface area contributed by atoms with Gasteiger partial charge in [-0.1, -0.05) is 43.0 Å². The maximum absolute atomic E-state index is 13.0. The van der Waals surface area contributed by atoms with Gasteiger partial charge in [0.1, 0.15) is 22.6 Å². The van der Waals surface area contributed by atoms with Crippen molar-refractivity contribution >= 4 is 68.4 Å². The maximum atomic E-state index is 13.0. The molecular formula is C23H17N3O4S3. The monoisotopic (exact) mass is 495 g/mol. The lowest BCUT2D eigenvalue weighted by Crippen LogP contribution is -2.70. The molecule has 2 aliphatic heterocycles. The molecule has 3 aromatic rings. The number of nitrogens with one attached hydrogen (secondary N) is 1. The van der Waals surface area contributed by atoms with Gasteiger partial charge in [0.25, 0.3) is 5.91 Å². The van der Waals surface area contributed by atoms with Gasteiger partial charge in [-0.2, -0.15) is 0 Å². The van der Waals surface area contributed by atoms with Crippen LogP contribution < -0.4 is 10.7 Å². The first kappa shape index (κ1) is 21.9. The van der Waals surface area contributed by atoms with Crippen molar-refractivity contribution in [1.29, 1.82) is 0 Å². The first-order chi connectivity index (χ1) is 15.9. The fourth-order valence-corrected chi connectivity index (χ4v) is 6.75. The van der Waals surface area contributed by atoms with Crippen molar-refractivity contribution in [2.75, 3.05) is 5.75 Å². The molecular weight excluding hydrogens is 478 g/mol. The van der Waals surface area contributed by atoms with Crippen LogP contribution in [-0.4, -0.2) is 44.0 Å². The minimum atomic E-state index is -0.713. The summed E-state index contributed by atoms with van der Waals surface area (Å²) in [4.78, 5) is 56.6. The van der Waals surface area contributed by atoms with Crippen molar-refractivity contribution in [1.82, 2.24) is 15.2 Å². The van der Waals surface area contributed by atoms with Crippen molar-refractivity contribution in [2.45, 2.75) is 17.8 Å². The minimum absolute atomic E-state index is 0.166. The summed E-state index contributed by atoms with van der Waals surface area (Å²) in [6.45, 7) is 0. The summed E-state index contributed by atoms with van der Waals surface area (Å²) >= 11 is 6.80. The molecule has 1 aromatic carbocycles. The Bertz CT molecular complexity index is 1390. The summed E-state index contributed by atoms with van der Waals surface area (Å²) in [6, 6.07) is 13.6. The Morgan fingerprint density at radius 1 is 1.15 bits per heavy atom. The van der Waals surface area contributed by atoms with E-state index in [1.165, 1.54) is 34.1 Å². The van der Waals surface area contributed by atoms with E-state index in [9.17, 15) is 19.2 Å². The number of thiol groups is 1. The second-order valence-corrected chi connectivity index (χ2v) is 10.2. The third kappa shape index (κ3) is 3.98. The predicted octanol–water partition coefficient (Wildman–Crippen LogP) is 2.47. The zero-order valence-electron chi connectivity index (χ0n) is 17.1. The van der Waals surface area contributed by atoms with Crippen LogP contribution in [0.25, 0.3) is 15.8 Å². The van der Waals surface area contributed by atoms with Crippen LogP contribution in [0, 0.1) is 0 Å². The van der Waals surface area contributed by atoms with Gasteiger partial charge in [0.2, 0.25) is 16.5 Å². The Labute approximate surface area is 202 Å². The third-order valence-corrected chi connectivity index (χ3v) is 8.10. The van der Waals surface area contributed by atoms with Crippen LogP contribution in [0.5, 0.6) is 0 Å². The molecule has 2 amide bonds. The number of hydrogen-bond acceptors (Lipinski definition) is 7. The second kappa shape index (κ2) is 8.77. The Morgan fingerprint density at radius 3 is 2.70 bits per heavy atom. The van der Waals surface area contributed by atoms with Crippen LogP contribution in [0.4, 0.5) is 0 Å². The van der Waals surface area contributed by atoms with Crippen LogP contribution in [0.1, 0.15) is 10.4 Å². The number of fused-ring (bicyclic) bond motifs is 2. The maximum Gasteiger partial charge on any atom is 0.253 e. The molecule has 2 aromatic heterocycles. The van der Waals surface area contributed by atoms with E-state index in [1.807, 2.05) is 30.3 Å². The van der Waals surface area contributed by atoms with E-state index in [4.69, 9.17) is 0 Å². The van der Waals surface area contributed by atoms with Gasteiger partial charge in [0.05, 0.1) is 11.1 Å². The third-order valence-electron chi connectivity index (χ3n) is 5.48. The highest BCUT2D eigenvalue weighted by molar-refractivity contribution is 8.00. The Morgan fingerprint density at radius 2 is 1.94 bits per heavy atom. The van der Waals surface area contributed by atoms with Crippen LogP contribution in [0.15, 0.2) is 65.2 Å². The van der Waals surface area contributed by atoms with Gasteiger partial charge < -0.3 is 5.32 Å². The fourth-order valence-electron chi connectivity index (χ4n) is 3.96. The van der Waals surface area contributed by atoms with Gasteiger partial charge >= 0.3 is 0 Å². The normalized spacial score (nSPS) is 19.8. The fraction of sp³-hybridized carbons (Fsp3) is 0.174. The molecule has 33 heavy (non-hydrogen) atoms. The van der Waals surface area contributed by atoms with Crippen LogP contribution >= 0.6 is 35.7 Å². The van der Waals surface area contributed by atoms with Crippen molar-refractivity contribution < 1.29 is 14.4 Å². The highest BCUT2D eigenvalue weighted by Gasteiger charge is 2.53. The van der Waals surface area contributed by atoms with Crippen molar-refractivity contribution in [3.8, 4) is 0 Å². The summed E-state index contributed by atoms with van der Waals surface area (Å²) in [5, 5.41) is 1.85. The van der Waals surface area contributed by atoms with E-state index in [1.54, 1.807) is 18.3 Å². The molecule has 0 aliphatic carbocycles. The number of carbonyl (C=O) groups excluding carboxylic acids is 3. The lowest BCUT2D eigenvalue weighted by molar-refractivity contribution is -0.146.